The van der Waals surface area contributed by atoms with Crippen molar-refractivity contribution in [2.75, 3.05) is 26.2 Å². The van der Waals surface area contributed by atoms with Gasteiger partial charge in [0.05, 0.1) is 0 Å². The van der Waals surface area contributed by atoms with E-state index in [1.165, 1.54) is 11.1 Å². The van der Waals surface area contributed by atoms with Gasteiger partial charge in [-0.05, 0) is 11.1 Å². The first-order valence-corrected chi connectivity index (χ1v) is 9.62. The van der Waals surface area contributed by atoms with Crippen molar-refractivity contribution in [3.05, 3.63) is 71.8 Å². The minimum absolute atomic E-state index is 1.08. The number of hydrogen-bond donors (Lipinski definition) is 0. The lowest BCUT2D eigenvalue weighted by Crippen LogP contribution is -2.39. The van der Waals surface area contributed by atoms with Crippen molar-refractivity contribution in [3.63, 3.8) is 0 Å². The number of benzene rings is 2. The van der Waals surface area contributed by atoms with Crippen LogP contribution < -0.4 is 0 Å². The van der Waals surface area contributed by atoms with Crippen molar-refractivity contribution in [3.8, 4) is 0 Å². The number of piperazine rings is 1. The zero-order valence-corrected chi connectivity index (χ0v) is 14.4. The minimum atomic E-state index is 1.08. The van der Waals surface area contributed by atoms with Crippen LogP contribution in [-0.2, 0) is 11.5 Å². The molecule has 0 aromatic heterocycles. The molecule has 0 N–H and O–H groups in total. The standard InChI is InChI=1S/C18H22N2S2/c1-3-7-17(8-4-1)15-21-19-11-13-20(14-12-19)22-16-18-9-5-2-6-10-18/h1-10H,11-16H2. The molecule has 2 aromatic carbocycles. The highest BCUT2D eigenvalue weighted by Gasteiger charge is 2.17. The van der Waals surface area contributed by atoms with Gasteiger partial charge in [-0.25, -0.2) is 8.61 Å². The zero-order valence-electron chi connectivity index (χ0n) is 12.7. The van der Waals surface area contributed by atoms with Crippen LogP contribution in [0.4, 0.5) is 0 Å². The Bertz CT molecular complexity index is 488. The minimum Gasteiger partial charge on any atom is -0.248 e. The highest BCUT2D eigenvalue weighted by atomic mass is 32.2. The molecular formula is C18H22N2S2. The van der Waals surface area contributed by atoms with E-state index in [2.05, 4.69) is 69.3 Å². The molecule has 22 heavy (non-hydrogen) atoms. The topological polar surface area (TPSA) is 6.48 Å². The van der Waals surface area contributed by atoms with Gasteiger partial charge in [0.15, 0.2) is 0 Å². The van der Waals surface area contributed by atoms with Gasteiger partial charge in [-0.2, -0.15) is 0 Å². The second-order valence-corrected chi connectivity index (χ2v) is 7.50. The molecule has 3 rings (SSSR count). The Morgan fingerprint density at radius 1 is 0.591 bits per heavy atom. The Labute approximate surface area is 142 Å². The van der Waals surface area contributed by atoms with Crippen LogP contribution in [0.2, 0.25) is 0 Å². The second-order valence-electron chi connectivity index (χ2n) is 5.38. The second kappa shape index (κ2) is 8.63. The molecular weight excluding hydrogens is 308 g/mol. The van der Waals surface area contributed by atoms with Crippen LogP contribution in [0.3, 0.4) is 0 Å². The van der Waals surface area contributed by atoms with Crippen LogP contribution in [0, 0.1) is 0 Å². The van der Waals surface area contributed by atoms with Gasteiger partial charge in [0.1, 0.15) is 0 Å². The van der Waals surface area contributed by atoms with Gasteiger partial charge in [-0.1, -0.05) is 84.6 Å². The summed E-state index contributed by atoms with van der Waals surface area (Å²) >= 11 is 3.93. The third kappa shape index (κ3) is 5.06. The van der Waals surface area contributed by atoms with Gasteiger partial charge in [-0.3, -0.25) is 0 Å². The number of rotatable bonds is 6. The predicted molar refractivity (Wildman–Crippen MR) is 98.6 cm³/mol. The van der Waals surface area contributed by atoms with Crippen molar-refractivity contribution >= 4 is 23.9 Å². The summed E-state index contributed by atoms with van der Waals surface area (Å²) < 4.78 is 5.01. The molecule has 0 saturated carbocycles. The fourth-order valence-electron chi connectivity index (χ4n) is 2.41. The SMILES string of the molecule is c1ccc(CSN2CCN(SCc3ccccc3)CC2)cc1. The smallest absolute Gasteiger partial charge is 0.0332 e. The normalized spacial score (nSPS) is 16.7. The summed E-state index contributed by atoms with van der Waals surface area (Å²) in [6.45, 7) is 4.61. The molecule has 1 aliphatic heterocycles. The molecule has 2 aromatic rings. The van der Waals surface area contributed by atoms with Crippen LogP contribution >= 0.6 is 23.9 Å². The molecule has 4 heteroatoms. The zero-order chi connectivity index (χ0) is 15.0. The van der Waals surface area contributed by atoms with Crippen LogP contribution in [0.15, 0.2) is 60.7 Å². The maximum Gasteiger partial charge on any atom is 0.0332 e. The molecule has 0 radical (unpaired) electrons. The summed E-state index contributed by atoms with van der Waals surface area (Å²) in [6.07, 6.45) is 0. The lowest BCUT2D eigenvalue weighted by Gasteiger charge is -2.33. The molecule has 116 valence electrons. The Hall–Kier alpha value is -0.940. The van der Waals surface area contributed by atoms with Gasteiger partial charge in [0.25, 0.3) is 0 Å². The molecule has 1 heterocycles. The van der Waals surface area contributed by atoms with Crippen molar-refractivity contribution in [2.45, 2.75) is 11.5 Å². The fraction of sp³-hybridized carbons (Fsp3) is 0.333. The lowest BCUT2D eigenvalue weighted by atomic mass is 10.2. The van der Waals surface area contributed by atoms with Crippen LogP contribution in [0.5, 0.6) is 0 Å². The highest BCUT2D eigenvalue weighted by molar-refractivity contribution is 7.96. The van der Waals surface area contributed by atoms with Crippen LogP contribution in [0.1, 0.15) is 11.1 Å². The van der Waals surface area contributed by atoms with Gasteiger partial charge in [-0.15, -0.1) is 0 Å². The Morgan fingerprint density at radius 2 is 0.955 bits per heavy atom. The third-order valence-corrected chi connectivity index (χ3v) is 6.10. The van der Waals surface area contributed by atoms with E-state index >= 15 is 0 Å². The van der Waals surface area contributed by atoms with E-state index in [-0.39, 0.29) is 0 Å². The predicted octanol–water partition coefficient (Wildman–Crippen LogP) is 4.30. The first kappa shape index (κ1) is 15.9. The van der Waals surface area contributed by atoms with Crippen LogP contribution in [-0.4, -0.2) is 34.8 Å². The molecule has 0 bridgehead atoms. The van der Waals surface area contributed by atoms with E-state index in [1.807, 2.05) is 23.9 Å². The summed E-state index contributed by atoms with van der Waals surface area (Å²) in [5.74, 6) is 2.16. The summed E-state index contributed by atoms with van der Waals surface area (Å²) in [4.78, 5) is 0. The average Bonchev–Trinajstić information content (AvgIpc) is 2.61. The highest BCUT2D eigenvalue weighted by Crippen LogP contribution is 2.23. The Morgan fingerprint density at radius 3 is 1.32 bits per heavy atom. The maximum absolute atomic E-state index is 2.51. The van der Waals surface area contributed by atoms with E-state index in [1.54, 1.807) is 0 Å². The van der Waals surface area contributed by atoms with Gasteiger partial charge >= 0.3 is 0 Å². The van der Waals surface area contributed by atoms with Gasteiger partial charge < -0.3 is 0 Å². The fourth-order valence-corrected chi connectivity index (χ4v) is 4.30. The monoisotopic (exact) mass is 330 g/mol. The quantitative estimate of drug-likeness (QED) is 0.728. The number of nitrogens with zero attached hydrogens (tertiary/aromatic N) is 2. The molecule has 0 unspecified atom stereocenters. The molecule has 1 fully saturated rings. The molecule has 0 aliphatic carbocycles. The molecule has 2 nitrogen and oxygen atoms in total. The average molecular weight is 331 g/mol. The first-order chi connectivity index (χ1) is 10.9. The lowest BCUT2D eigenvalue weighted by molar-refractivity contribution is 0.308. The summed E-state index contributed by atoms with van der Waals surface area (Å²) in [5, 5.41) is 0. The summed E-state index contributed by atoms with van der Waals surface area (Å²) in [5.41, 5.74) is 2.82. The van der Waals surface area contributed by atoms with E-state index in [4.69, 9.17) is 0 Å². The van der Waals surface area contributed by atoms with E-state index in [9.17, 15) is 0 Å². The molecule has 1 saturated heterocycles. The van der Waals surface area contributed by atoms with E-state index in [0.29, 0.717) is 0 Å². The van der Waals surface area contributed by atoms with Gasteiger partial charge in [0, 0.05) is 37.7 Å². The summed E-state index contributed by atoms with van der Waals surface area (Å²) in [6, 6.07) is 21.5. The number of hydrogen-bond acceptors (Lipinski definition) is 4. The molecule has 0 amide bonds. The molecule has 0 spiro atoms. The van der Waals surface area contributed by atoms with E-state index < -0.39 is 0 Å². The largest absolute Gasteiger partial charge is 0.248 e. The van der Waals surface area contributed by atoms with Crippen molar-refractivity contribution in [2.24, 2.45) is 0 Å². The van der Waals surface area contributed by atoms with Crippen molar-refractivity contribution < 1.29 is 0 Å². The van der Waals surface area contributed by atoms with Crippen LogP contribution in [0.25, 0.3) is 0 Å². The summed E-state index contributed by atoms with van der Waals surface area (Å²) in [7, 11) is 0. The van der Waals surface area contributed by atoms with Gasteiger partial charge in [0.2, 0.25) is 0 Å². The first-order valence-electron chi connectivity index (χ1n) is 7.74. The molecule has 1 aliphatic rings. The van der Waals surface area contributed by atoms with E-state index in [0.717, 1.165) is 37.7 Å². The maximum atomic E-state index is 2.51. The van der Waals surface area contributed by atoms with Crippen molar-refractivity contribution in [1.29, 1.82) is 0 Å². The third-order valence-electron chi connectivity index (χ3n) is 3.71. The van der Waals surface area contributed by atoms with Crippen molar-refractivity contribution in [1.82, 2.24) is 8.61 Å². The molecule has 0 atom stereocenters. The Balaban J connectivity index is 1.35. The Kier molecular flexibility index (Phi) is 6.25.